The number of nitrogens with one attached hydrogen (secondary N) is 1. The number of fused-ring (bicyclic) bond motifs is 1. The molecule has 0 fully saturated rings. The number of nitrogen functional groups attached to an aromatic ring is 1. The van der Waals surface area contributed by atoms with Crippen molar-refractivity contribution in [2.45, 2.75) is 0 Å². The Morgan fingerprint density at radius 3 is 2.70 bits per heavy atom. The van der Waals surface area contributed by atoms with Gasteiger partial charge in [0.25, 0.3) is 0 Å². The Labute approximate surface area is 129 Å². The van der Waals surface area contributed by atoms with E-state index in [9.17, 15) is 0 Å². The van der Waals surface area contributed by atoms with E-state index in [1.165, 1.54) is 0 Å². The molecule has 3 N–H and O–H groups in total. The molecule has 0 saturated heterocycles. The summed E-state index contributed by atoms with van der Waals surface area (Å²) in [4.78, 5) is 4.09. The van der Waals surface area contributed by atoms with Crippen LogP contribution in [0.1, 0.15) is 0 Å². The zero-order chi connectivity index (χ0) is 14.1. The molecule has 1 heterocycles. The fourth-order valence-electron chi connectivity index (χ4n) is 2.04. The smallest absolute Gasteiger partial charge is 0.0634 e. The highest BCUT2D eigenvalue weighted by atomic mass is 79.9. The number of nitrogens with zero attached hydrogens (tertiary/aromatic N) is 1. The van der Waals surface area contributed by atoms with Crippen LogP contribution in [-0.4, -0.2) is 4.98 Å². The summed E-state index contributed by atoms with van der Waals surface area (Å²) in [5.74, 6) is 0. The van der Waals surface area contributed by atoms with Gasteiger partial charge in [-0.2, -0.15) is 0 Å². The minimum Gasteiger partial charge on any atom is -0.397 e. The minimum absolute atomic E-state index is 0.681. The summed E-state index contributed by atoms with van der Waals surface area (Å²) in [7, 11) is 0. The number of aromatic nitrogens is 1. The third-order valence-corrected chi connectivity index (χ3v) is 3.95. The average molecular weight is 349 g/mol. The van der Waals surface area contributed by atoms with Crippen molar-refractivity contribution in [1.82, 2.24) is 4.98 Å². The highest BCUT2D eigenvalue weighted by Crippen LogP contribution is 2.33. The molecule has 0 aliphatic rings. The largest absolute Gasteiger partial charge is 0.397 e. The van der Waals surface area contributed by atoms with Gasteiger partial charge in [0, 0.05) is 32.7 Å². The summed E-state index contributed by atoms with van der Waals surface area (Å²) in [5.41, 5.74) is 8.68. The lowest BCUT2D eigenvalue weighted by atomic mass is 10.1. The molecule has 3 nitrogen and oxygen atoms in total. The number of benzene rings is 2. The molecule has 0 aliphatic heterocycles. The molecule has 0 bridgehead atoms. The van der Waals surface area contributed by atoms with E-state index >= 15 is 0 Å². The monoisotopic (exact) mass is 347 g/mol. The molecule has 100 valence electrons. The molecule has 0 atom stereocenters. The van der Waals surface area contributed by atoms with Crippen molar-refractivity contribution in [3.05, 3.63) is 58.3 Å². The Morgan fingerprint density at radius 2 is 1.90 bits per heavy atom. The van der Waals surface area contributed by atoms with E-state index in [4.69, 9.17) is 17.3 Å². The quantitative estimate of drug-likeness (QED) is 0.642. The molecular formula is C15H11BrClN3. The summed E-state index contributed by atoms with van der Waals surface area (Å²) >= 11 is 9.42. The fraction of sp³-hybridized carbons (Fsp3) is 0. The van der Waals surface area contributed by atoms with Gasteiger partial charge in [0.05, 0.1) is 17.1 Å². The van der Waals surface area contributed by atoms with Gasteiger partial charge >= 0.3 is 0 Å². The van der Waals surface area contributed by atoms with Crippen LogP contribution in [-0.2, 0) is 0 Å². The molecule has 0 aliphatic carbocycles. The van der Waals surface area contributed by atoms with Crippen LogP contribution in [0.5, 0.6) is 0 Å². The molecule has 0 unspecified atom stereocenters. The van der Waals surface area contributed by atoms with Crippen molar-refractivity contribution >= 4 is 55.4 Å². The van der Waals surface area contributed by atoms with E-state index in [-0.39, 0.29) is 0 Å². The standard InChI is InChI=1S/C15H11BrClN3/c16-12-7-10(17)2-4-13(12)20-14-3-1-9-8-19-6-5-11(9)15(14)18/h1-8,20H,18H2. The van der Waals surface area contributed by atoms with Gasteiger partial charge in [-0.3, -0.25) is 4.98 Å². The van der Waals surface area contributed by atoms with Gasteiger partial charge < -0.3 is 11.1 Å². The van der Waals surface area contributed by atoms with Crippen LogP contribution < -0.4 is 11.1 Å². The first kappa shape index (κ1) is 13.2. The van der Waals surface area contributed by atoms with Crippen molar-refractivity contribution in [2.75, 3.05) is 11.1 Å². The fourth-order valence-corrected chi connectivity index (χ4v) is 2.82. The van der Waals surface area contributed by atoms with E-state index in [0.29, 0.717) is 10.7 Å². The third kappa shape index (κ3) is 2.44. The number of nitrogens with two attached hydrogens (primary N) is 1. The van der Waals surface area contributed by atoms with Crippen molar-refractivity contribution in [3.8, 4) is 0 Å². The van der Waals surface area contributed by atoms with Crippen LogP contribution in [0.4, 0.5) is 17.1 Å². The zero-order valence-corrected chi connectivity index (χ0v) is 12.7. The van der Waals surface area contributed by atoms with E-state index < -0.39 is 0 Å². The van der Waals surface area contributed by atoms with Gasteiger partial charge in [-0.15, -0.1) is 0 Å². The van der Waals surface area contributed by atoms with Crippen LogP contribution in [0.15, 0.2) is 53.3 Å². The second-order valence-electron chi connectivity index (χ2n) is 4.37. The predicted octanol–water partition coefficient (Wildman–Crippen LogP) is 4.98. The van der Waals surface area contributed by atoms with Crippen LogP contribution in [0.3, 0.4) is 0 Å². The molecule has 1 aromatic heterocycles. The molecule has 2 aromatic carbocycles. The van der Waals surface area contributed by atoms with Gasteiger partial charge in [0.2, 0.25) is 0 Å². The molecule has 0 radical (unpaired) electrons. The van der Waals surface area contributed by atoms with Crippen molar-refractivity contribution < 1.29 is 0 Å². The molecule has 0 spiro atoms. The maximum absolute atomic E-state index is 6.22. The lowest BCUT2D eigenvalue weighted by molar-refractivity contribution is 1.36. The SMILES string of the molecule is Nc1c(Nc2ccc(Cl)cc2Br)ccc2cnccc12. The number of anilines is 3. The van der Waals surface area contributed by atoms with Crippen molar-refractivity contribution in [3.63, 3.8) is 0 Å². The number of hydrogen-bond acceptors (Lipinski definition) is 3. The van der Waals surface area contributed by atoms with Crippen molar-refractivity contribution in [2.24, 2.45) is 0 Å². The summed E-state index contributed by atoms with van der Waals surface area (Å²) < 4.78 is 0.888. The molecule has 3 rings (SSSR count). The average Bonchev–Trinajstić information content (AvgIpc) is 2.45. The Bertz CT molecular complexity index is 789. The summed E-state index contributed by atoms with van der Waals surface area (Å²) in [6, 6.07) is 11.4. The van der Waals surface area contributed by atoms with E-state index in [0.717, 1.165) is 26.6 Å². The highest BCUT2D eigenvalue weighted by molar-refractivity contribution is 9.10. The van der Waals surface area contributed by atoms with Gasteiger partial charge in [-0.1, -0.05) is 17.7 Å². The van der Waals surface area contributed by atoms with E-state index in [1.54, 1.807) is 12.4 Å². The summed E-state index contributed by atoms with van der Waals surface area (Å²) in [6.07, 6.45) is 3.54. The molecule has 20 heavy (non-hydrogen) atoms. The van der Waals surface area contributed by atoms with Gasteiger partial charge in [-0.05, 0) is 46.3 Å². The van der Waals surface area contributed by atoms with Crippen LogP contribution >= 0.6 is 27.5 Å². The third-order valence-electron chi connectivity index (χ3n) is 3.06. The van der Waals surface area contributed by atoms with Crippen LogP contribution in [0.25, 0.3) is 10.8 Å². The van der Waals surface area contributed by atoms with E-state index in [1.807, 2.05) is 36.4 Å². The lowest BCUT2D eigenvalue weighted by Crippen LogP contribution is -1.98. The second kappa shape index (κ2) is 5.31. The Balaban J connectivity index is 2.04. The van der Waals surface area contributed by atoms with Crippen LogP contribution in [0, 0.1) is 0 Å². The number of pyridine rings is 1. The van der Waals surface area contributed by atoms with Gasteiger partial charge in [-0.25, -0.2) is 0 Å². The normalized spacial score (nSPS) is 10.7. The molecule has 3 aromatic rings. The summed E-state index contributed by atoms with van der Waals surface area (Å²) in [6.45, 7) is 0. The number of rotatable bonds is 2. The predicted molar refractivity (Wildman–Crippen MR) is 88.6 cm³/mol. The minimum atomic E-state index is 0.681. The molecule has 5 heteroatoms. The molecular weight excluding hydrogens is 338 g/mol. The summed E-state index contributed by atoms with van der Waals surface area (Å²) in [5, 5.41) is 5.99. The maximum atomic E-state index is 6.22. The van der Waals surface area contributed by atoms with Crippen LogP contribution in [0.2, 0.25) is 5.02 Å². The Hall–Kier alpha value is -1.78. The number of hydrogen-bond donors (Lipinski definition) is 2. The van der Waals surface area contributed by atoms with E-state index in [2.05, 4.69) is 26.2 Å². The zero-order valence-electron chi connectivity index (χ0n) is 10.4. The highest BCUT2D eigenvalue weighted by Gasteiger charge is 2.07. The first-order valence-electron chi connectivity index (χ1n) is 5.99. The molecule has 0 saturated carbocycles. The topological polar surface area (TPSA) is 50.9 Å². The first-order valence-corrected chi connectivity index (χ1v) is 7.16. The lowest BCUT2D eigenvalue weighted by Gasteiger charge is -2.13. The Kier molecular flexibility index (Phi) is 3.51. The van der Waals surface area contributed by atoms with Gasteiger partial charge in [0.1, 0.15) is 0 Å². The Morgan fingerprint density at radius 1 is 1.10 bits per heavy atom. The first-order chi connectivity index (χ1) is 9.65. The van der Waals surface area contributed by atoms with Gasteiger partial charge in [0.15, 0.2) is 0 Å². The second-order valence-corrected chi connectivity index (χ2v) is 5.66. The van der Waals surface area contributed by atoms with Crippen molar-refractivity contribution in [1.29, 1.82) is 0 Å². The molecule has 0 amide bonds. The number of halogens is 2. The maximum Gasteiger partial charge on any atom is 0.0634 e.